The Morgan fingerprint density at radius 1 is 1.39 bits per heavy atom. The van der Waals surface area contributed by atoms with Gasteiger partial charge < -0.3 is 15.8 Å². The van der Waals surface area contributed by atoms with Crippen LogP contribution in [0.25, 0.3) is 0 Å². The molecule has 1 saturated heterocycles. The summed E-state index contributed by atoms with van der Waals surface area (Å²) in [5.41, 5.74) is 5.51. The first kappa shape index (κ1) is 13.3. The van der Waals surface area contributed by atoms with Gasteiger partial charge >= 0.3 is 0 Å². The molecule has 7 nitrogen and oxygen atoms in total. The van der Waals surface area contributed by atoms with Crippen LogP contribution in [0.3, 0.4) is 0 Å². The number of hydrogen-bond donors (Lipinski definition) is 2. The van der Waals surface area contributed by atoms with E-state index in [9.17, 15) is 0 Å². The number of hydrogen-bond acceptors (Lipinski definition) is 7. The van der Waals surface area contributed by atoms with Crippen LogP contribution in [0, 0.1) is 0 Å². The molecule has 0 bridgehead atoms. The normalized spacial score (nSPS) is 18.6. The number of nitrogens with one attached hydrogen (secondary N) is 1. The van der Waals surface area contributed by atoms with Crippen LogP contribution in [0.4, 0.5) is 11.9 Å². The van der Waals surface area contributed by atoms with E-state index in [0.29, 0.717) is 5.95 Å². The molecule has 0 aromatic carbocycles. The first-order valence-corrected chi connectivity index (χ1v) is 6.25. The second-order valence-electron chi connectivity index (χ2n) is 4.24. The molecule has 0 radical (unpaired) electrons. The SMILES string of the molecule is CC(CN1CCOCC1)Nc1nc(N)nc(Cl)n1. The van der Waals surface area contributed by atoms with E-state index in [1.807, 2.05) is 0 Å². The molecule has 1 atom stereocenters. The third-order valence-corrected chi connectivity index (χ3v) is 2.81. The zero-order valence-corrected chi connectivity index (χ0v) is 11.0. The lowest BCUT2D eigenvalue weighted by Crippen LogP contribution is -2.42. The molecule has 1 aliphatic rings. The Bertz CT molecular complexity index is 378. The third kappa shape index (κ3) is 3.94. The maximum absolute atomic E-state index is 5.72. The van der Waals surface area contributed by atoms with Gasteiger partial charge in [-0.2, -0.15) is 15.0 Å². The lowest BCUT2D eigenvalue weighted by molar-refractivity contribution is 0.0368. The molecule has 2 heterocycles. The van der Waals surface area contributed by atoms with Gasteiger partial charge in [0.25, 0.3) is 0 Å². The Morgan fingerprint density at radius 2 is 2.11 bits per heavy atom. The van der Waals surface area contributed by atoms with Crippen LogP contribution >= 0.6 is 11.6 Å². The van der Waals surface area contributed by atoms with Gasteiger partial charge in [-0.3, -0.25) is 4.90 Å². The molecule has 8 heteroatoms. The molecule has 1 aliphatic heterocycles. The highest BCUT2D eigenvalue weighted by molar-refractivity contribution is 6.28. The van der Waals surface area contributed by atoms with E-state index in [4.69, 9.17) is 22.1 Å². The number of nitrogen functional groups attached to an aromatic ring is 1. The fourth-order valence-electron chi connectivity index (χ4n) is 1.87. The van der Waals surface area contributed by atoms with E-state index in [1.165, 1.54) is 0 Å². The molecule has 3 N–H and O–H groups in total. The summed E-state index contributed by atoms with van der Waals surface area (Å²) >= 11 is 5.72. The van der Waals surface area contributed by atoms with Crippen molar-refractivity contribution in [2.24, 2.45) is 0 Å². The van der Waals surface area contributed by atoms with Gasteiger partial charge in [0.1, 0.15) is 0 Å². The Morgan fingerprint density at radius 3 is 2.78 bits per heavy atom. The molecule has 0 amide bonds. The van der Waals surface area contributed by atoms with E-state index < -0.39 is 0 Å². The van der Waals surface area contributed by atoms with Crippen LogP contribution in [0.15, 0.2) is 0 Å². The van der Waals surface area contributed by atoms with Gasteiger partial charge in [-0.05, 0) is 18.5 Å². The number of ether oxygens (including phenoxy) is 1. The van der Waals surface area contributed by atoms with Gasteiger partial charge in [-0.1, -0.05) is 0 Å². The number of rotatable bonds is 4. The lowest BCUT2D eigenvalue weighted by Gasteiger charge is -2.29. The first-order valence-electron chi connectivity index (χ1n) is 5.87. The fourth-order valence-corrected chi connectivity index (χ4v) is 2.03. The summed E-state index contributed by atoms with van der Waals surface area (Å²) in [6.07, 6.45) is 0. The molecule has 2 rings (SSSR count). The molecule has 0 aliphatic carbocycles. The van der Waals surface area contributed by atoms with Crippen molar-refractivity contribution in [3.05, 3.63) is 5.28 Å². The summed E-state index contributed by atoms with van der Waals surface area (Å²) in [6, 6.07) is 0.195. The Kier molecular flexibility index (Phi) is 4.51. The van der Waals surface area contributed by atoms with E-state index in [1.54, 1.807) is 0 Å². The molecule has 1 fully saturated rings. The van der Waals surface area contributed by atoms with Crippen molar-refractivity contribution in [1.82, 2.24) is 19.9 Å². The van der Waals surface area contributed by atoms with Gasteiger partial charge in [0.2, 0.25) is 17.2 Å². The van der Waals surface area contributed by atoms with E-state index in [0.717, 1.165) is 32.8 Å². The van der Waals surface area contributed by atoms with Crippen molar-refractivity contribution in [1.29, 1.82) is 0 Å². The van der Waals surface area contributed by atoms with E-state index in [2.05, 4.69) is 32.1 Å². The van der Waals surface area contributed by atoms with Crippen LogP contribution in [0.2, 0.25) is 5.28 Å². The minimum absolute atomic E-state index is 0.101. The van der Waals surface area contributed by atoms with Crippen molar-refractivity contribution in [3.63, 3.8) is 0 Å². The summed E-state index contributed by atoms with van der Waals surface area (Å²) in [7, 11) is 0. The smallest absolute Gasteiger partial charge is 0.229 e. The van der Waals surface area contributed by atoms with Crippen LogP contribution in [-0.4, -0.2) is 58.7 Å². The van der Waals surface area contributed by atoms with Gasteiger partial charge in [0, 0.05) is 25.7 Å². The number of aromatic nitrogens is 3. The van der Waals surface area contributed by atoms with Gasteiger partial charge in [0.05, 0.1) is 13.2 Å². The number of halogens is 1. The molecule has 1 aromatic rings. The maximum Gasteiger partial charge on any atom is 0.229 e. The molecule has 0 saturated carbocycles. The standard InChI is InChI=1S/C10H17ClN6O/c1-7(6-17-2-4-18-5-3-17)13-10-15-8(11)14-9(12)16-10/h7H,2-6H2,1H3,(H3,12,13,14,15,16). The summed E-state index contributed by atoms with van der Waals surface area (Å²) in [5.74, 6) is 0.532. The Labute approximate surface area is 111 Å². The number of anilines is 2. The molecular weight excluding hydrogens is 256 g/mol. The number of nitrogens with zero attached hydrogens (tertiary/aromatic N) is 4. The summed E-state index contributed by atoms with van der Waals surface area (Å²) in [6.45, 7) is 6.43. The average molecular weight is 273 g/mol. The fraction of sp³-hybridized carbons (Fsp3) is 0.700. The summed E-state index contributed by atoms with van der Waals surface area (Å²) < 4.78 is 5.30. The minimum Gasteiger partial charge on any atom is -0.379 e. The van der Waals surface area contributed by atoms with Gasteiger partial charge in [0.15, 0.2) is 0 Å². The highest BCUT2D eigenvalue weighted by Gasteiger charge is 2.14. The van der Waals surface area contributed by atoms with Crippen molar-refractivity contribution < 1.29 is 4.74 Å². The summed E-state index contributed by atoms with van der Waals surface area (Å²) in [4.78, 5) is 14.0. The molecule has 0 spiro atoms. The maximum atomic E-state index is 5.72. The highest BCUT2D eigenvalue weighted by Crippen LogP contribution is 2.09. The predicted molar refractivity (Wildman–Crippen MR) is 69.6 cm³/mol. The molecule has 1 aromatic heterocycles. The third-order valence-electron chi connectivity index (χ3n) is 2.64. The van der Waals surface area contributed by atoms with Crippen molar-refractivity contribution in [2.45, 2.75) is 13.0 Å². The largest absolute Gasteiger partial charge is 0.379 e. The molecule has 1 unspecified atom stereocenters. The van der Waals surface area contributed by atoms with Crippen LogP contribution in [0.5, 0.6) is 0 Å². The Hall–Kier alpha value is -1.18. The van der Waals surface area contributed by atoms with Crippen LogP contribution < -0.4 is 11.1 Å². The molecular formula is C10H17ClN6O. The number of morpholine rings is 1. The van der Waals surface area contributed by atoms with Gasteiger partial charge in [-0.25, -0.2) is 0 Å². The van der Waals surface area contributed by atoms with Gasteiger partial charge in [-0.15, -0.1) is 0 Å². The summed E-state index contributed by atoms with van der Waals surface area (Å²) in [5, 5.41) is 3.26. The van der Waals surface area contributed by atoms with Crippen LogP contribution in [0.1, 0.15) is 6.92 Å². The van der Waals surface area contributed by atoms with Crippen molar-refractivity contribution in [2.75, 3.05) is 43.9 Å². The monoisotopic (exact) mass is 272 g/mol. The first-order chi connectivity index (χ1) is 8.63. The highest BCUT2D eigenvalue weighted by atomic mass is 35.5. The molecule has 18 heavy (non-hydrogen) atoms. The van der Waals surface area contributed by atoms with E-state index >= 15 is 0 Å². The van der Waals surface area contributed by atoms with Crippen LogP contribution in [-0.2, 0) is 4.74 Å². The number of nitrogens with two attached hydrogens (primary N) is 1. The zero-order valence-electron chi connectivity index (χ0n) is 10.3. The predicted octanol–water partition coefficient (Wildman–Crippen LogP) is 0.240. The van der Waals surface area contributed by atoms with Crippen molar-refractivity contribution >= 4 is 23.5 Å². The Balaban J connectivity index is 1.87. The molecule has 100 valence electrons. The minimum atomic E-state index is 0.101. The second-order valence-corrected chi connectivity index (χ2v) is 4.58. The average Bonchev–Trinajstić information content (AvgIpc) is 2.28. The lowest BCUT2D eigenvalue weighted by atomic mass is 10.3. The van der Waals surface area contributed by atoms with Crippen molar-refractivity contribution in [3.8, 4) is 0 Å². The topological polar surface area (TPSA) is 89.2 Å². The second kappa shape index (κ2) is 6.12. The quantitative estimate of drug-likeness (QED) is 0.811. The van der Waals surface area contributed by atoms with E-state index in [-0.39, 0.29) is 17.3 Å². The zero-order chi connectivity index (χ0) is 13.0.